The molecule has 0 spiro atoms. The maximum Gasteiger partial charge on any atom is 0.263 e. The van der Waals surface area contributed by atoms with Gasteiger partial charge in [-0.25, -0.2) is 8.78 Å². The van der Waals surface area contributed by atoms with Crippen LogP contribution in [0.4, 0.5) is 8.78 Å². The van der Waals surface area contributed by atoms with E-state index < -0.39 is 6.43 Å². The van der Waals surface area contributed by atoms with Crippen LogP contribution in [0.2, 0.25) is 0 Å². The van der Waals surface area contributed by atoms with Crippen LogP contribution in [0.5, 0.6) is 0 Å². The van der Waals surface area contributed by atoms with Gasteiger partial charge in [0.2, 0.25) is 0 Å². The molecule has 0 aliphatic heterocycles. The highest BCUT2D eigenvalue weighted by Crippen LogP contribution is 2.36. The summed E-state index contributed by atoms with van der Waals surface area (Å²) in [5.41, 5.74) is 4.53. The molecule has 0 N–H and O–H groups in total. The van der Waals surface area contributed by atoms with Crippen molar-refractivity contribution in [3.05, 3.63) is 41.1 Å². The minimum absolute atomic E-state index is 0.0696. The van der Waals surface area contributed by atoms with Crippen LogP contribution in [-0.2, 0) is 0 Å². The van der Waals surface area contributed by atoms with E-state index >= 15 is 0 Å². The maximum absolute atomic E-state index is 13.0. The fraction of sp³-hybridized carbons (Fsp3) is 0.667. The number of nitrogens with zero attached hydrogens (tertiary/aromatic N) is 1. The number of hydrogen-bond donors (Lipinski definition) is 0. The molecule has 1 aromatic rings. The summed E-state index contributed by atoms with van der Waals surface area (Å²) in [5.74, 6) is 1.05. The molecule has 1 nitrogen and oxygen atoms in total. The van der Waals surface area contributed by atoms with E-state index in [2.05, 4.69) is 55.4 Å². The van der Waals surface area contributed by atoms with Crippen LogP contribution < -0.4 is 0 Å². The lowest BCUT2D eigenvalue weighted by Gasteiger charge is -2.31. The maximum atomic E-state index is 13.0. The second-order valence-corrected chi connectivity index (χ2v) is 9.29. The lowest BCUT2D eigenvalue weighted by Crippen LogP contribution is -2.26. The molecule has 1 rings (SSSR count). The molecule has 0 fully saturated rings. The topological polar surface area (TPSA) is 12.4 Å². The molecule has 0 heterocycles. The summed E-state index contributed by atoms with van der Waals surface area (Å²) < 4.78 is 26.0. The summed E-state index contributed by atoms with van der Waals surface area (Å²) in [7, 11) is 0. The standard InChI is InChI=1S/C27H43F2N/c1-9-17-27(8,18-16-19(4)10-2)22(7)30-21(6)25(20(5)11-3)23-12-14-24(15-13-23)26(28)29/h12-15,19-20,26H,9-11,16-18H2,1-8H3/b25-21+,30-22?. The van der Waals surface area contributed by atoms with Gasteiger partial charge in [0, 0.05) is 22.4 Å². The van der Waals surface area contributed by atoms with Crippen molar-refractivity contribution in [1.82, 2.24) is 0 Å². The highest BCUT2D eigenvalue weighted by Gasteiger charge is 2.27. The lowest BCUT2D eigenvalue weighted by atomic mass is 9.75. The second-order valence-electron chi connectivity index (χ2n) is 9.29. The first kappa shape index (κ1) is 26.5. The van der Waals surface area contributed by atoms with Crippen molar-refractivity contribution < 1.29 is 8.78 Å². The summed E-state index contributed by atoms with van der Waals surface area (Å²) in [5, 5.41) is 0. The Labute approximate surface area is 184 Å². The van der Waals surface area contributed by atoms with Crippen molar-refractivity contribution in [2.75, 3.05) is 0 Å². The van der Waals surface area contributed by atoms with E-state index in [4.69, 9.17) is 4.99 Å². The van der Waals surface area contributed by atoms with Gasteiger partial charge in [-0.05, 0) is 62.5 Å². The number of benzene rings is 1. The van der Waals surface area contributed by atoms with Gasteiger partial charge in [0.15, 0.2) is 0 Å². The summed E-state index contributed by atoms with van der Waals surface area (Å²) in [4.78, 5) is 5.12. The lowest BCUT2D eigenvalue weighted by molar-refractivity contribution is 0.151. The van der Waals surface area contributed by atoms with E-state index in [1.54, 1.807) is 12.1 Å². The fourth-order valence-electron chi connectivity index (χ4n) is 4.12. The van der Waals surface area contributed by atoms with Crippen LogP contribution in [0, 0.1) is 17.3 Å². The molecule has 0 radical (unpaired) electrons. The number of alkyl halides is 2. The first-order chi connectivity index (χ1) is 14.1. The number of hydrogen-bond acceptors (Lipinski definition) is 1. The summed E-state index contributed by atoms with van der Waals surface area (Å²) in [6.45, 7) is 17.8. The smallest absolute Gasteiger partial charge is 0.262 e. The average Bonchev–Trinajstić information content (AvgIpc) is 2.72. The summed E-state index contributed by atoms with van der Waals surface area (Å²) >= 11 is 0. The summed E-state index contributed by atoms with van der Waals surface area (Å²) in [6, 6.07) is 6.73. The highest BCUT2D eigenvalue weighted by atomic mass is 19.3. The Kier molecular flexibility index (Phi) is 10.9. The Morgan fingerprint density at radius 2 is 1.57 bits per heavy atom. The number of allylic oxidation sites excluding steroid dienone is 2. The molecule has 30 heavy (non-hydrogen) atoms. The van der Waals surface area contributed by atoms with Gasteiger partial charge in [0.05, 0.1) is 0 Å². The van der Waals surface area contributed by atoms with Crippen molar-refractivity contribution in [2.24, 2.45) is 22.2 Å². The Hall–Kier alpha value is -1.51. The number of rotatable bonds is 12. The van der Waals surface area contributed by atoms with Crippen LogP contribution in [0.1, 0.15) is 111 Å². The van der Waals surface area contributed by atoms with Gasteiger partial charge in [-0.3, -0.25) is 4.99 Å². The van der Waals surface area contributed by atoms with Crippen LogP contribution in [0.15, 0.2) is 35.0 Å². The zero-order valence-corrected chi connectivity index (χ0v) is 20.5. The van der Waals surface area contributed by atoms with Gasteiger partial charge in [-0.15, -0.1) is 0 Å². The van der Waals surface area contributed by atoms with Gasteiger partial charge in [0.25, 0.3) is 6.43 Å². The van der Waals surface area contributed by atoms with Crippen LogP contribution in [0.3, 0.4) is 0 Å². The fourth-order valence-corrected chi connectivity index (χ4v) is 4.12. The molecule has 0 saturated heterocycles. The quantitative estimate of drug-likeness (QED) is 0.299. The molecular weight excluding hydrogens is 376 g/mol. The molecule has 3 atom stereocenters. The van der Waals surface area contributed by atoms with Crippen molar-refractivity contribution in [1.29, 1.82) is 0 Å². The molecule has 3 heteroatoms. The molecule has 0 aliphatic rings. The Morgan fingerprint density at radius 1 is 0.967 bits per heavy atom. The molecule has 0 amide bonds. The third-order valence-corrected chi connectivity index (χ3v) is 6.87. The van der Waals surface area contributed by atoms with Gasteiger partial charge in [0.1, 0.15) is 0 Å². The van der Waals surface area contributed by atoms with E-state index in [1.165, 1.54) is 24.1 Å². The number of halogens is 2. The molecule has 170 valence electrons. The van der Waals surface area contributed by atoms with Crippen molar-refractivity contribution in [2.45, 2.75) is 100 Å². The van der Waals surface area contributed by atoms with E-state index in [9.17, 15) is 8.78 Å². The molecule has 0 saturated carbocycles. The molecule has 3 unspecified atom stereocenters. The Balaban J connectivity index is 3.35. The van der Waals surface area contributed by atoms with Crippen LogP contribution >= 0.6 is 0 Å². The number of aliphatic imine (C=N–C) groups is 1. The predicted molar refractivity (Wildman–Crippen MR) is 128 cm³/mol. The monoisotopic (exact) mass is 419 g/mol. The summed E-state index contributed by atoms with van der Waals surface area (Å²) in [6.07, 6.45) is 4.41. The van der Waals surface area contributed by atoms with Gasteiger partial charge in [-0.1, -0.05) is 78.6 Å². The highest BCUT2D eigenvalue weighted by molar-refractivity contribution is 5.89. The molecule has 0 bridgehead atoms. The van der Waals surface area contributed by atoms with E-state index in [1.807, 2.05) is 12.1 Å². The normalized spacial score (nSPS) is 17.5. The first-order valence-corrected chi connectivity index (χ1v) is 11.7. The molecule has 0 aliphatic carbocycles. The van der Waals surface area contributed by atoms with Crippen molar-refractivity contribution in [3.8, 4) is 0 Å². The Bertz CT molecular complexity index is 702. The van der Waals surface area contributed by atoms with Crippen molar-refractivity contribution >= 4 is 11.3 Å². The van der Waals surface area contributed by atoms with Gasteiger partial charge >= 0.3 is 0 Å². The minimum Gasteiger partial charge on any atom is -0.262 e. The average molecular weight is 420 g/mol. The van der Waals surface area contributed by atoms with E-state index in [0.29, 0.717) is 5.92 Å². The first-order valence-electron chi connectivity index (χ1n) is 11.7. The molecule has 1 aromatic carbocycles. The zero-order valence-electron chi connectivity index (χ0n) is 20.5. The Morgan fingerprint density at radius 3 is 2.03 bits per heavy atom. The SMILES string of the molecule is CCCC(C)(CCC(C)CC)C(C)=N/C(C)=C(/c1ccc(C(F)F)cc1)C(C)CC. The third kappa shape index (κ3) is 7.32. The van der Waals surface area contributed by atoms with Crippen LogP contribution in [-0.4, -0.2) is 5.71 Å². The zero-order chi connectivity index (χ0) is 22.9. The second kappa shape index (κ2) is 12.4. The van der Waals surface area contributed by atoms with Crippen molar-refractivity contribution in [3.63, 3.8) is 0 Å². The van der Waals surface area contributed by atoms with Gasteiger partial charge < -0.3 is 0 Å². The molecular formula is C27H43F2N. The molecule has 0 aromatic heterocycles. The third-order valence-electron chi connectivity index (χ3n) is 6.87. The predicted octanol–water partition coefficient (Wildman–Crippen LogP) is 9.49. The largest absolute Gasteiger partial charge is 0.263 e. The van der Waals surface area contributed by atoms with Crippen LogP contribution in [0.25, 0.3) is 5.57 Å². The van der Waals surface area contributed by atoms with E-state index in [-0.39, 0.29) is 11.0 Å². The van der Waals surface area contributed by atoms with E-state index in [0.717, 1.165) is 42.9 Å². The minimum atomic E-state index is -2.43. The van der Waals surface area contributed by atoms with Gasteiger partial charge in [-0.2, -0.15) is 0 Å².